The zero-order chi connectivity index (χ0) is 30.4. The van der Waals surface area contributed by atoms with Crippen LogP contribution in [0, 0.1) is 0 Å². The van der Waals surface area contributed by atoms with Crippen LogP contribution < -0.4 is 0 Å². The van der Waals surface area contributed by atoms with Crippen molar-refractivity contribution in [2.24, 2.45) is 0 Å². The van der Waals surface area contributed by atoms with Crippen molar-refractivity contribution in [2.45, 2.75) is 36.7 Å². The lowest BCUT2D eigenvalue weighted by Crippen LogP contribution is -2.48. The lowest BCUT2D eigenvalue weighted by atomic mass is 10.5. The number of ether oxygens (including phenoxy) is 4. The number of rotatable bonds is 12. The SMILES string of the molecule is C=C(F)C(F)(F)OC(F)(F)C(F)(F)OCF.C=C(F)C(F)(F)OC(F)(F)C(F)(F)OCF.CF.CF. The Morgan fingerprint density at radius 1 is 0.500 bits per heavy atom. The van der Waals surface area contributed by atoms with Crippen LogP contribution in [0.1, 0.15) is 0 Å². The molecule has 36 heavy (non-hydrogen) atoms. The van der Waals surface area contributed by atoms with Crippen LogP contribution in [-0.2, 0) is 18.9 Å². The van der Waals surface area contributed by atoms with Gasteiger partial charge in [0.05, 0.1) is 14.4 Å². The van der Waals surface area contributed by atoms with Crippen LogP contribution in [0.5, 0.6) is 0 Å². The van der Waals surface area contributed by atoms with Crippen LogP contribution >= 0.6 is 0 Å². The van der Waals surface area contributed by atoms with Crippen molar-refractivity contribution in [1.82, 2.24) is 0 Å². The summed E-state index contributed by atoms with van der Waals surface area (Å²) in [5.41, 5.74) is 0. The Balaban J connectivity index is -0.000000249. The van der Waals surface area contributed by atoms with Crippen LogP contribution in [0.25, 0.3) is 0 Å². The van der Waals surface area contributed by atoms with E-state index in [1.165, 1.54) is 0 Å². The van der Waals surface area contributed by atoms with Crippen molar-refractivity contribution in [2.75, 3.05) is 28.1 Å². The van der Waals surface area contributed by atoms with Crippen LogP contribution in [0.3, 0.4) is 0 Å². The van der Waals surface area contributed by atoms with Crippen molar-refractivity contribution in [3.8, 4) is 0 Å². The second kappa shape index (κ2) is 16.0. The third kappa shape index (κ3) is 13.4. The first-order valence-corrected chi connectivity index (χ1v) is 7.45. The van der Waals surface area contributed by atoms with Gasteiger partial charge in [-0.15, -0.1) is 0 Å². The molecule has 0 heterocycles. The maximum Gasteiger partial charge on any atom is 0.453 e. The van der Waals surface area contributed by atoms with Crippen molar-refractivity contribution in [1.29, 1.82) is 0 Å². The summed E-state index contributed by atoms with van der Waals surface area (Å²) in [5.74, 6) is -5.44. The quantitative estimate of drug-likeness (QED) is 0.220. The Morgan fingerprint density at radius 2 is 0.694 bits per heavy atom. The van der Waals surface area contributed by atoms with Gasteiger partial charge in [0.15, 0.2) is 25.4 Å². The van der Waals surface area contributed by atoms with Gasteiger partial charge >= 0.3 is 36.7 Å². The standard InChI is InChI=1S/2C6H4F8O2.2CH3F/c2*1-3(8)4(9,10)16-6(13,14)5(11,12)15-2-7;2*1-2/h2*1-2H2;2*1H3. The second-order valence-corrected chi connectivity index (χ2v) is 4.62. The normalized spacial score (nSPS) is 12.8. The Labute approximate surface area is 189 Å². The molecule has 0 fully saturated rings. The van der Waals surface area contributed by atoms with E-state index in [-0.39, 0.29) is 0 Å². The first-order valence-electron chi connectivity index (χ1n) is 7.45. The Hall–Kier alpha value is -1.94. The first kappa shape index (κ1) is 41.2. The summed E-state index contributed by atoms with van der Waals surface area (Å²) in [6, 6.07) is 0. The van der Waals surface area contributed by atoms with Crippen LogP contribution in [-0.4, -0.2) is 64.7 Å². The van der Waals surface area contributed by atoms with Crippen LogP contribution in [0.4, 0.5) is 79.0 Å². The molecule has 0 aromatic rings. The molecule has 0 saturated heterocycles. The fourth-order valence-corrected chi connectivity index (χ4v) is 0.857. The molecular formula is C14H14F18O4. The molecule has 22 heteroatoms. The van der Waals surface area contributed by atoms with Crippen molar-refractivity contribution in [3.05, 3.63) is 24.8 Å². The molecule has 0 aliphatic heterocycles. The molecule has 220 valence electrons. The van der Waals surface area contributed by atoms with E-state index in [0.717, 1.165) is 0 Å². The first-order chi connectivity index (χ1) is 15.9. The molecule has 0 unspecified atom stereocenters. The molecule has 0 N–H and O–H groups in total. The predicted octanol–water partition coefficient (Wildman–Crippen LogP) is 7.59. The zero-order valence-corrected chi connectivity index (χ0v) is 17.3. The molecule has 0 saturated carbocycles. The summed E-state index contributed by atoms with van der Waals surface area (Å²) in [6.45, 7) is -0.953. The predicted molar refractivity (Wildman–Crippen MR) is 80.5 cm³/mol. The van der Waals surface area contributed by atoms with E-state index < -0.39 is 62.0 Å². The molecule has 0 aliphatic carbocycles. The minimum Gasteiger partial charge on any atom is -0.281 e. The molecule has 0 aromatic heterocycles. The summed E-state index contributed by atoms with van der Waals surface area (Å²) in [6.07, 6.45) is -33.9. The van der Waals surface area contributed by atoms with Gasteiger partial charge in [0.2, 0.25) is 0 Å². The number of halogens is 18. The highest BCUT2D eigenvalue weighted by molar-refractivity contribution is 4.92. The summed E-state index contributed by atoms with van der Waals surface area (Å²) >= 11 is 0. The van der Waals surface area contributed by atoms with Gasteiger partial charge in [-0.25, -0.2) is 27.0 Å². The van der Waals surface area contributed by atoms with E-state index in [1.54, 1.807) is 0 Å². The Morgan fingerprint density at radius 3 is 0.833 bits per heavy atom. The Bertz CT molecular complexity index is 585. The molecular weight excluding hydrogens is 574 g/mol. The minimum atomic E-state index is -5.93. The molecule has 0 aromatic carbocycles. The van der Waals surface area contributed by atoms with Gasteiger partial charge in [-0.3, -0.25) is 18.3 Å². The summed E-state index contributed by atoms with van der Waals surface area (Å²) in [7, 11) is 1.00. The third-order valence-electron chi connectivity index (χ3n) is 2.29. The van der Waals surface area contributed by atoms with E-state index in [0.29, 0.717) is 14.4 Å². The minimum absolute atomic E-state index is 0.500. The monoisotopic (exact) mass is 588 g/mol. The average molecular weight is 588 g/mol. The topological polar surface area (TPSA) is 36.9 Å². The molecule has 0 rings (SSSR count). The van der Waals surface area contributed by atoms with Gasteiger partial charge in [0.1, 0.15) is 0 Å². The lowest BCUT2D eigenvalue weighted by molar-refractivity contribution is -0.479. The van der Waals surface area contributed by atoms with Gasteiger partial charge in [-0.05, 0) is 0 Å². The maximum atomic E-state index is 12.3. The number of hydrogen-bond acceptors (Lipinski definition) is 4. The maximum absolute atomic E-state index is 12.3. The molecule has 0 radical (unpaired) electrons. The van der Waals surface area contributed by atoms with Crippen LogP contribution in [0.2, 0.25) is 0 Å². The van der Waals surface area contributed by atoms with E-state index >= 15 is 0 Å². The van der Waals surface area contributed by atoms with E-state index in [2.05, 4.69) is 18.9 Å². The van der Waals surface area contributed by atoms with Crippen molar-refractivity contribution >= 4 is 0 Å². The van der Waals surface area contributed by atoms with Crippen molar-refractivity contribution in [3.63, 3.8) is 0 Å². The fraction of sp³-hybridized carbons (Fsp3) is 0.714. The van der Waals surface area contributed by atoms with Crippen molar-refractivity contribution < 1.29 is 98.0 Å². The van der Waals surface area contributed by atoms with Gasteiger partial charge in [0, 0.05) is 0 Å². The highest BCUT2D eigenvalue weighted by Gasteiger charge is 2.66. The number of alkyl halides is 16. The zero-order valence-electron chi connectivity index (χ0n) is 17.3. The lowest BCUT2D eigenvalue weighted by Gasteiger charge is -2.27. The van der Waals surface area contributed by atoms with Gasteiger partial charge < -0.3 is 0 Å². The molecule has 0 atom stereocenters. The molecule has 0 bridgehead atoms. The largest absolute Gasteiger partial charge is 0.453 e. The molecule has 0 aliphatic rings. The number of hydrogen-bond donors (Lipinski definition) is 0. The Kier molecular flexibility index (Phi) is 18.3. The van der Waals surface area contributed by atoms with E-state index in [4.69, 9.17) is 0 Å². The fourth-order valence-electron chi connectivity index (χ4n) is 0.857. The van der Waals surface area contributed by atoms with Gasteiger partial charge in [0.25, 0.3) is 0 Å². The average Bonchev–Trinajstić information content (AvgIpc) is 2.69. The molecule has 4 nitrogen and oxygen atoms in total. The smallest absolute Gasteiger partial charge is 0.281 e. The molecule has 0 amide bonds. The highest BCUT2D eigenvalue weighted by atomic mass is 19.3. The van der Waals surface area contributed by atoms with E-state index in [9.17, 15) is 79.0 Å². The second-order valence-electron chi connectivity index (χ2n) is 4.62. The molecule has 0 spiro atoms. The summed E-state index contributed by atoms with van der Waals surface area (Å²) in [5, 5.41) is 0. The highest BCUT2D eigenvalue weighted by Crippen LogP contribution is 2.43. The van der Waals surface area contributed by atoms with Gasteiger partial charge in [-0.2, -0.15) is 52.7 Å². The summed E-state index contributed by atoms with van der Waals surface area (Å²) < 4.78 is 221. The third-order valence-corrected chi connectivity index (χ3v) is 2.29. The van der Waals surface area contributed by atoms with E-state index in [1.807, 2.05) is 13.2 Å². The van der Waals surface area contributed by atoms with Crippen LogP contribution in [0.15, 0.2) is 24.8 Å². The van der Waals surface area contributed by atoms with Gasteiger partial charge in [-0.1, -0.05) is 13.2 Å². The summed E-state index contributed by atoms with van der Waals surface area (Å²) in [4.78, 5) is 0.